The van der Waals surface area contributed by atoms with Crippen LogP contribution in [0.1, 0.15) is 53.9 Å². The van der Waals surface area contributed by atoms with E-state index >= 15 is 0 Å². The van der Waals surface area contributed by atoms with Crippen molar-refractivity contribution in [2.24, 2.45) is 0 Å². The fraction of sp³-hybridized carbons (Fsp3) is 0.923. The first kappa shape index (κ1) is 13.3. The second-order valence-electron chi connectivity index (χ2n) is 5.96. The van der Waals surface area contributed by atoms with Crippen molar-refractivity contribution in [2.75, 3.05) is 6.61 Å². The predicted octanol–water partition coefficient (Wildman–Crippen LogP) is 2.92. The number of hydrogen-bond donors (Lipinski definition) is 0. The first-order chi connectivity index (χ1) is 7.33. The summed E-state index contributed by atoms with van der Waals surface area (Å²) in [4.78, 5) is 1.92. The summed E-state index contributed by atoms with van der Waals surface area (Å²) in [5, 5.41) is 9.26. The fourth-order valence-electron chi connectivity index (χ4n) is 2.86. The summed E-state index contributed by atoms with van der Waals surface area (Å²) < 4.78 is 5.86. The van der Waals surface area contributed by atoms with Crippen molar-refractivity contribution < 1.29 is 4.74 Å². The molecular formula is C13H24N2O. The van der Waals surface area contributed by atoms with Crippen molar-refractivity contribution in [1.29, 1.82) is 5.26 Å². The Bertz CT molecular complexity index is 260. The zero-order valence-corrected chi connectivity index (χ0v) is 11.2. The second kappa shape index (κ2) is 4.63. The van der Waals surface area contributed by atoms with Gasteiger partial charge in [-0.1, -0.05) is 6.92 Å². The summed E-state index contributed by atoms with van der Waals surface area (Å²) >= 11 is 0. The summed E-state index contributed by atoms with van der Waals surface area (Å²) in [5.41, 5.74) is -0.205. The van der Waals surface area contributed by atoms with Crippen LogP contribution in [0.5, 0.6) is 0 Å². The van der Waals surface area contributed by atoms with Crippen molar-refractivity contribution in [1.82, 2.24) is 4.90 Å². The van der Waals surface area contributed by atoms with Gasteiger partial charge in [0.15, 0.2) is 6.19 Å². The second-order valence-corrected chi connectivity index (χ2v) is 5.96. The van der Waals surface area contributed by atoms with Gasteiger partial charge in [-0.2, -0.15) is 5.26 Å². The van der Waals surface area contributed by atoms with Crippen LogP contribution in [-0.2, 0) is 4.74 Å². The third-order valence-electron chi connectivity index (χ3n) is 3.32. The zero-order chi connectivity index (χ0) is 12.4. The molecule has 0 bridgehead atoms. The molecule has 1 saturated heterocycles. The van der Waals surface area contributed by atoms with Crippen molar-refractivity contribution in [3.8, 4) is 6.19 Å². The molecule has 0 aliphatic carbocycles. The molecule has 1 aliphatic rings. The Morgan fingerprint density at radius 3 is 2.12 bits per heavy atom. The molecule has 92 valence electrons. The maximum Gasteiger partial charge on any atom is 0.180 e. The minimum absolute atomic E-state index is 0.102. The number of rotatable bonds is 3. The monoisotopic (exact) mass is 224 g/mol. The van der Waals surface area contributed by atoms with E-state index < -0.39 is 0 Å². The number of piperidine rings is 1. The van der Waals surface area contributed by atoms with Crippen LogP contribution in [0.15, 0.2) is 0 Å². The van der Waals surface area contributed by atoms with Crippen LogP contribution in [0, 0.1) is 11.5 Å². The van der Waals surface area contributed by atoms with Gasteiger partial charge in [-0.3, -0.25) is 4.90 Å². The normalized spacial score (nSPS) is 24.1. The Kier molecular flexibility index (Phi) is 3.85. The van der Waals surface area contributed by atoms with Crippen molar-refractivity contribution in [3.63, 3.8) is 0 Å². The molecule has 1 fully saturated rings. The summed E-state index contributed by atoms with van der Waals surface area (Å²) in [7, 11) is 0. The Hall–Kier alpha value is -0.750. The molecule has 1 heterocycles. The highest BCUT2D eigenvalue weighted by Gasteiger charge is 2.45. The smallest absolute Gasteiger partial charge is 0.180 e. The van der Waals surface area contributed by atoms with Gasteiger partial charge in [0.05, 0.1) is 6.10 Å². The highest BCUT2D eigenvalue weighted by molar-refractivity contribution is 5.05. The SMILES string of the molecule is CCCOC1CC(C)(C)N(C#N)C(C)(C)C1. The molecule has 0 radical (unpaired) electrons. The van der Waals surface area contributed by atoms with Gasteiger partial charge >= 0.3 is 0 Å². The van der Waals surface area contributed by atoms with Gasteiger partial charge in [0.1, 0.15) is 0 Å². The van der Waals surface area contributed by atoms with Crippen molar-refractivity contribution in [3.05, 3.63) is 0 Å². The minimum Gasteiger partial charge on any atom is -0.378 e. The van der Waals surface area contributed by atoms with Gasteiger partial charge in [-0.25, -0.2) is 0 Å². The maximum atomic E-state index is 9.26. The van der Waals surface area contributed by atoms with Crippen molar-refractivity contribution >= 4 is 0 Å². The maximum absolute atomic E-state index is 9.26. The van der Waals surface area contributed by atoms with Gasteiger partial charge in [-0.05, 0) is 47.0 Å². The van der Waals surface area contributed by atoms with Crippen LogP contribution >= 0.6 is 0 Å². The van der Waals surface area contributed by atoms with Crippen LogP contribution < -0.4 is 0 Å². The molecule has 0 spiro atoms. The zero-order valence-electron chi connectivity index (χ0n) is 11.2. The van der Waals surface area contributed by atoms with E-state index in [1.54, 1.807) is 0 Å². The lowest BCUT2D eigenvalue weighted by molar-refractivity contribution is -0.0765. The third-order valence-corrected chi connectivity index (χ3v) is 3.32. The van der Waals surface area contributed by atoms with Gasteiger partial charge in [0, 0.05) is 17.7 Å². The van der Waals surface area contributed by atoms with Crippen LogP contribution in [0.4, 0.5) is 0 Å². The third kappa shape index (κ3) is 2.68. The lowest BCUT2D eigenvalue weighted by Gasteiger charge is -2.52. The van der Waals surface area contributed by atoms with E-state index in [4.69, 9.17) is 4.74 Å². The topological polar surface area (TPSA) is 36.3 Å². The van der Waals surface area contributed by atoms with E-state index in [9.17, 15) is 5.26 Å². The molecule has 0 saturated carbocycles. The molecule has 16 heavy (non-hydrogen) atoms. The standard InChI is InChI=1S/C13H24N2O/c1-6-7-16-11-8-12(2,3)15(10-14)13(4,5)9-11/h11H,6-9H2,1-5H3. The highest BCUT2D eigenvalue weighted by Crippen LogP contribution is 2.38. The Balaban J connectivity index is 2.77. The lowest BCUT2D eigenvalue weighted by atomic mass is 9.78. The highest BCUT2D eigenvalue weighted by atomic mass is 16.5. The predicted molar refractivity (Wildman–Crippen MR) is 64.9 cm³/mol. The molecular weight excluding hydrogens is 200 g/mol. The van der Waals surface area contributed by atoms with E-state index in [1.807, 2.05) is 4.90 Å². The summed E-state index contributed by atoms with van der Waals surface area (Å²) in [6.45, 7) is 11.4. The van der Waals surface area contributed by atoms with E-state index in [0.29, 0.717) is 0 Å². The molecule has 3 heteroatoms. The van der Waals surface area contributed by atoms with Gasteiger partial charge in [-0.15, -0.1) is 0 Å². The molecule has 1 rings (SSSR count). The fourth-order valence-corrected chi connectivity index (χ4v) is 2.86. The molecule has 0 aromatic carbocycles. The Morgan fingerprint density at radius 1 is 1.25 bits per heavy atom. The summed E-state index contributed by atoms with van der Waals surface area (Å²) in [5.74, 6) is 0. The van der Waals surface area contributed by atoms with E-state index in [-0.39, 0.29) is 17.2 Å². The number of nitriles is 1. The number of nitrogens with zero attached hydrogens (tertiary/aromatic N) is 2. The summed E-state index contributed by atoms with van der Waals surface area (Å²) in [6.07, 6.45) is 5.55. The molecule has 0 amide bonds. The van der Waals surface area contributed by atoms with Crippen LogP contribution in [0.2, 0.25) is 0 Å². The average molecular weight is 224 g/mol. The van der Waals surface area contributed by atoms with E-state index in [0.717, 1.165) is 25.9 Å². The average Bonchev–Trinajstić information content (AvgIpc) is 2.11. The first-order valence-corrected chi connectivity index (χ1v) is 6.15. The molecule has 3 nitrogen and oxygen atoms in total. The van der Waals surface area contributed by atoms with Crippen LogP contribution in [0.3, 0.4) is 0 Å². The molecule has 0 N–H and O–H groups in total. The van der Waals surface area contributed by atoms with Gasteiger partial charge in [0.2, 0.25) is 0 Å². The lowest BCUT2D eigenvalue weighted by Crippen LogP contribution is -2.59. The van der Waals surface area contributed by atoms with Crippen molar-refractivity contribution in [2.45, 2.75) is 71.1 Å². The first-order valence-electron chi connectivity index (χ1n) is 6.15. The van der Waals surface area contributed by atoms with Gasteiger partial charge in [0.25, 0.3) is 0 Å². The number of hydrogen-bond acceptors (Lipinski definition) is 3. The Morgan fingerprint density at radius 2 is 1.75 bits per heavy atom. The van der Waals surface area contributed by atoms with Crippen LogP contribution in [-0.4, -0.2) is 28.7 Å². The minimum atomic E-state index is -0.102. The van der Waals surface area contributed by atoms with E-state index in [2.05, 4.69) is 40.8 Å². The Labute approximate surface area is 99.4 Å². The number of likely N-dealkylation sites (tertiary alicyclic amines) is 1. The molecule has 0 atom stereocenters. The van der Waals surface area contributed by atoms with Gasteiger partial charge < -0.3 is 4.74 Å². The number of ether oxygens (including phenoxy) is 1. The molecule has 1 aliphatic heterocycles. The molecule has 0 aromatic heterocycles. The molecule has 0 unspecified atom stereocenters. The summed E-state index contributed by atoms with van der Waals surface area (Å²) in [6, 6.07) is 0. The quantitative estimate of drug-likeness (QED) is 0.692. The van der Waals surface area contributed by atoms with E-state index in [1.165, 1.54) is 0 Å². The molecule has 0 aromatic rings. The largest absolute Gasteiger partial charge is 0.378 e. The van der Waals surface area contributed by atoms with Crippen LogP contribution in [0.25, 0.3) is 0 Å².